The lowest BCUT2D eigenvalue weighted by Crippen LogP contribution is -2.48. The number of hydrogen-bond donors (Lipinski definition) is 1. The molecule has 1 aromatic rings. The molecule has 128 valence electrons. The van der Waals surface area contributed by atoms with Gasteiger partial charge in [-0.1, -0.05) is 13.3 Å². The summed E-state index contributed by atoms with van der Waals surface area (Å²) in [4.78, 5) is 14.4. The first-order chi connectivity index (χ1) is 10.9. The average Bonchev–Trinajstić information content (AvgIpc) is 2.97. The van der Waals surface area contributed by atoms with Gasteiger partial charge in [0.25, 0.3) is 0 Å². The van der Waals surface area contributed by atoms with Gasteiger partial charge in [0.05, 0.1) is 6.54 Å². The number of nitrogens with one attached hydrogen (secondary N) is 1. The SMILES string of the molecule is CC[C@H]1CNCC[C@H]1C(=O)N1CCn2c(nnc2C(F)(F)F)C1. The van der Waals surface area contributed by atoms with Crippen LogP contribution in [0.3, 0.4) is 0 Å². The van der Waals surface area contributed by atoms with E-state index in [4.69, 9.17) is 0 Å². The number of alkyl halides is 3. The number of amides is 1. The van der Waals surface area contributed by atoms with Crippen molar-refractivity contribution >= 4 is 5.91 Å². The zero-order valence-corrected chi connectivity index (χ0v) is 12.9. The minimum atomic E-state index is -4.51. The Morgan fingerprint density at radius 3 is 2.83 bits per heavy atom. The van der Waals surface area contributed by atoms with Gasteiger partial charge in [0.1, 0.15) is 0 Å². The van der Waals surface area contributed by atoms with Gasteiger partial charge >= 0.3 is 6.18 Å². The van der Waals surface area contributed by atoms with E-state index >= 15 is 0 Å². The van der Waals surface area contributed by atoms with E-state index in [1.54, 1.807) is 4.90 Å². The van der Waals surface area contributed by atoms with Crippen molar-refractivity contribution in [1.29, 1.82) is 0 Å². The number of piperidine rings is 1. The molecule has 2 aliphatic heterocycles. The Labute approximate surface area is 132 Å². The van der Waals surface area contributed by atoms with E-state index < -0.39 is 12.0 Å². The van der Waals surface area contributed by atoms with E-state index in [-0.39, 0.29) is 43.2 Å². The van der Waals surface area contributed by atoms with Gasteiger partial charge in [-0.3, -0.25) is 4.79 Å². The molecule has 1 N–H and O–H groups in total. The van der Waals surface area contributed by atoms with Crippen LogP contribution < -0.4 is 5.32 Å². The summed E-state index contributed by atoms with van der Waals surface area (Å²) in [6.07, 6.45) is -2.83. The molecule has 1 aromatic heterocycles. The molecule has 0 aromatic carbocycles. The van der Waals surface area contributed by atoms with E-state index in [0.717, 1.165) is 30.5 Å². The molecule has 1 saturated heterocycles. The molecule has 9 heteroatoms. The molecule has 6 nitrogen and oxygen atoms in total. The van der Waals surface area contributed by atoms with Crippen LogP contribution >= 0.6 is 0 Å². The lowest BCUT2D eigenvalue weighted by molar-refractivity contribution is -0.148. The Bertz CT molecular complexity index is 585. The van der Waals surface area contributed by atoms with Gasteiger partial charge < -0.3 is 14.8 Å². The number of nitrogens with zero attached hydrogens (tertiary/aromatic N) is 4. The predicted molar refractivity (Wildman–Crippen MR) is 75.2 cm³/mol. The average molecular weight is 331 g/mol. The molecular formula is C14H20F3N5O. The number of hydrogen-bond acceptors (Lipinski definition) is 4. The van der Waals surface area contributed by atoms with E-state index in [1.165, 1.54) is 0 Å². The number of aromatic nitrogens is 3. The van der Waals surface area contributed by atoms with Gasteiger partial charge in [-0.05, 0) is 25.4 Å². The van der Waals surface area contributed by atoms with Crippen molar-refractivity contribution in [3.05, 3.63) is 11.6 Å². The van der Waals surface area contributed by atoms with Crippen LogP contribution in [0, 0.1) is 11.8 Å². The summed E-state index contributed by atoms with van der Waals surface area (Å²) in [6, 6.07) is 0. The molecule has 0 unspecified atom stereocenters. The second-order valence-electron chi connectivity index (χ2n) is 6.12. The number of carbonyl (C=O) groups is 1. The Balaban J connectivity index is 1.74. The summed E-state index contributed by atoms with van der Waals surface area (Å²) >= 11 is 0. The third kappa shape index (κ3) is 3.06. The predicted octanol–water partition coefficient (Wildman–Crippen LogP) is 1.27. The lowest BCUT2D eigenvalue weighted by atomic mass is 9.83. The van der Waals surface area contributed by atoms with E-state index in [1.807, 2.05) is 0 Å². The molecular weight excluding hydrogens is 311 g/mol. The molecule has 0 bridgehead atoms. The highest BCUT2D eigenvalue weighted by atomic mass is 19.4. The van der Waals surface area contributed by atoms with Crippen molar-refractivity contribution in [1.82, 2.24) is 25.0 Å². The fourth-order valence-electron chi connectivity index (χ4n) is 3.47. The first kappa shape index (κ1) is 16.2. The normalized spacial score (nSPS) is 25.3. The van der Waals surface area contributed by atoms with Gasteiger partial charge in [0.15, 0.2) is 5.82 Å². The molecule has 0 radical (unpaired) electrons. The van der Waals surface area contributed by atoms with Crippen LogP contribution in [0.15, 0.2) is 0 Å². The van der Waals surface area contributed by atoms with Gasteiger partial charge in [-0.15, -0.1) is 10.2 Å². The van der Waals surface area contributed by atoms with Crippen LogP contribution in [-0.2, 0) is 24.1 Å². The minimum absolute atomic E-state index is 0.0289. The minimum Gasteiger partial charge on any atom is -0.333 e. The first-order valence-corrected chi connectivity index (χ1v) is 7.90. The van der Waals surface area contributed by atoms with Crippen LogP contribution in [-0.4, -0.2) is 45.2 Å². The number of rotatable bonds is 2. The maximum absolute atomic E-state index is 12.8. The summed E-state index contributed by atoms with van der Waals surface area (Å²) in [5, 5.41) is 10.2. The highest BCUT2D eigenvalue weighted by Gasteiger charge is 2.41. The van der Waals surface area contributed by atoms with E-state index in [0.29, 0.717) is 0 Å². The summed E-state index contributed by atoms with van der Waals surface area (Å²) in [5.74, 6) is -0.521. The zero-order valence-electron chi connectivity index (χ0n) is 12.9. The topological polar surface area (TPSA) is 63.1 Å². The fourth-order valence-corrected chi connectivity index (χ4v) is 3.47. The van der Waals surface area contributed by atoms with E-state index in [2.05, 4.69) is 22.4 Å². The number of carbonyl (C=O) groups excluding carboxylic acids is 1. The first-order valence-electron chi connectivity index (χ1n) is 7.90. The molecule has 0 saturated carbocycles. The van der Waals surface area contributed by atoms with Crippen LogP contribution in [0.1, 0.15) is 31.4 Å². The van der Waals surface area contributed by atoms with Crippen molar-refractivity contribution in [3.8, 4) is 0 Å². The standard InChI is InChI=1S/C14H20F3N5O/c1-2-9-7-18-4-3-10(9)12(23)21-5-6-22-11(8-21)19-20-13(22)14(15,16)17/h9-10,18H,2-8H2,1H3/t9-,10+/m0/s1. The summed E-state index contributed by atoms with van der Waals surface area (Å²) in [6.45, 7) is 4.13. The highest BCUT2D eigenvalue weighted by Crippen LogP contribution is 2.30. The molecule has 1 fully saturated rings. The third-order valence-corrected chi connectivity index (χ3v) is 4.77. The zero-order chi connectivity index (χ0) is 16.6. The van der Waals surface area contributed by atoms with Crippen molar-refractivity contribution < 1.29 is 18.0 Å². The number of halogens is 3. The van der Waals surface area contributed by atoms with Gasteiger partial charge in [0, 0.05) is 19.0 Å². The molecule has 3 heterocycles. The largest absolute Gasteiger partial charge is 0.451 e. The van der Waals surface area contributed by atoms with Crippen molar-refractivity contribution in [2.45, 2.75) is 39.0 Å². The highest BCUT2D eigenvalue weighted by molar-refractivity contribution is 5.79. The van der Waals surface area contributed by atoms with Crippen molar-refractivity contribution in [2.24, 2.45) is 11.8 Å². The quantitative estimate of drug-likeness (QED) is 0.887. The summed E-state index contributed by atoms with van der Waals surface area (Å²) in [7, 11) is 0. The summed E-state index contributed by atoms with van der Waals surface area (Å²) in [5.41, 5.74) is 0. The second kappa shape index (κ2) is 6.10. The van der Waals surface area contributed by atoms with Gasteiger partial charge in [0.2, 0.25) is 11.7 Å². The second-order valence-corrected chi connectivity index (χ2v) is 6.12. The summed E-state index contributed by atoms with van der Waals surface area (Å²) < 4.78 is 39.6. The fraction of sp³-hybridized carbons (Fsp3) is 0.786. The lowest BCUT2D eigenvalue weighted by Gasteiger charge is -2.36. The monoisotopic (exact) mass is 331 g/mol. The van der Waals surface area contributed by atoms with Crippen LogP contribution in [0.5, 0.6) is 0 Å². The molecule has 23 heavy (non-hydrogen) atoms. The maximum atomic E-state index is 12.8. The molecule has 0 aliphatic carbocycles. The van der Waals surface area contributed by atoms with Crippen molar-refractivity contribution in [2.75, 3.05) is 19.6 Å². The molecule has 1 amide bonds. The van der Waals surface area contributed by atoms with Crippen molar-refractivity contribution in [3.63, 3.8) is 0 Å². The number of fused-ring (bicyclic) bond motifs is 1. The van der Waals surface area contributed by atoms with Crippen LogP contribution in [0.2, 0.25) is 0 Å². The van der Waals surface area contributed by atoms with Crippen LogP contribution in [0.4, 0.5) is 13.2 Å². The Hall–Kier alpha value is -1.64. The molecule has 2 atom stereocenters. The molecule has 0 spiro atoms. The Morgan fingerprint density at radius 2 is 2.13 bits per heavy atom. The Kier molecular flexibility index (Phi) is 4.31. The Morgan fingerprint density at radius 1 is 1.35 bits per heavy atom. The van der Waals surface area contributed by atoms with E-state index in [9.17, 15) is 18.0 Å². The van der Waals surface area contributed by atoms with Gasteiger partial charge in [-0.25, -0.2) is 0 Å². The third-order valence-electron chi connectivity index (χ3n) is 4.77. The maximum Gasteiger partial charge on any atom is 0.451 e. The van der Waals surface area contributed by atoms with Crippen LogP contribution in [0.25, 0.3) is 0 Å². The smallest absolute Gasteiger partial charge is 0.333 e. The molecule has 3 rings (SSSR count). The van der Waals surface area contributed by atoms with Gasteiger partial charge in [-0.2, -0.15) is 13.2 Å². The molecule has 2 aliphatic rings.